The average molecular weight is 200 g/mol. The Hall–Kier alpha value is -0.640. The number of ether oxygens (including phenoxy) is 1. The molecule has 0 saturated carbocycles. The Morgan fingerprint density at radius 3 is 3.00 bits per heavy atom. The minimum Gasteiger partial charge on any atom is -0.381 e. The molecule has 1 aromatic rings. The summed E-state index contributed by atoms with van der Waals surface area (Å²) in [6.07, 6.45) is 0.584. The molecule has 1 aromatic heterocycles. The Morgan fingerprint density at radius 1 is 1.54 bits per heavy atom. The molecule has 0 amide bonds. The highest BCUT2D eigenvalue weighted by Gasteiger charge is 2.35. The van der Waals surface area contributed by atoms with Gasteiger partial charge in [0.05, 0.1) is 12.3 Å². The minimum atomic E-state index is -0.940. The molecule has 70 valence electrons. The fourth-order valence-corrected chi connectivity index (χ4v) is 1.59. The van der Waals surface area contributed by atoms with Crippen molar-refractivity contribution in [2.75, 3.05) is 13.2 Å². The zero-order valence-corrected chi connectivity index (χ0v) is 7.79. The van der Waals surface area contributed by atoms with E-state index in [1.807, 2.05) is 0 Å². The third kappa shape index (κ3) is 1.68. The van der Waals surface area contributed by atoms with Gasteiger partial charge in [0, 0.05) is 13.0 Å². The summed E-state index contributed by atoms with van der Waals surface area (Å²) in [5.41, 5.74) is -0.345. The molecule has 0 bridgehead atoms. The summed E-state index contributed by atoms with van der Waals surface area (Å²) in [5.74, 6) is 0. The molecule has 0 spiro atoms. The Labute approximate surface area is 81.3 Å². The third-order valence-corrected chi connectivity index (χ3v) is 2.40. The van der Waals surface area contributed by atoms with Crippen LogP contribution in [0.5, 0.6) is 0 Å². The summed E-state index contributed by atoms with van der Waals surface area (Å²) < 4.78 is 5.12. The standard InChI is InChI=1S/C9H10ClNO2/c10-8-3-1-2-7(11-8)9(12)4-5-13-6-9/h1-3,12H,4-6H2. The number of nitrogens with zero attached hydrogens (tertiary/aromatic N) is 1. The van der Waals surface area contributed by atoms with Gasteiger partial charge in [-0.1, -0.05) is 17.7 Å². The SMILES string of the molecule is OC1(c2cccc(Cl)n2)CCOC1. The molecule has 1 N–H and O–H groups in total. The topological polar surface area (TPSA) is 42.4 Å². The van der Waals surface area contributed by atoms with Crippen LogP contribution in [0.25, 0.3) is 0 Å². The molecule has 1 unspecified atom stereocenters. The van der Waals surface area contributed by atoms with E-state index in [0.717, 1.165) is 0 Å². The van der Waals surface area contributed by atoms with Crippen molar-refractivity contribution >= 4 is 11.6 Å². The molecule has 1 atom stereocenters. The van der Waals surface area contributed by atoms with E-state index in [-0.39, 0.29) is 0 Å². The van der Waals surface area contributed by atoms with E-state index >= 15 is 0 Å². The van der Waals surface area contributed by atoms with Crippen LogP contribution < -0.4 is 0 Å². The first-order valence-corrected chi connectivity index (χ1v) is 4.52. The van der Waals surface area contributed by atoms with E-state index in [0.29, 0.717) is 30.5 Å². The van der Waals surface area contributed by atoms with E-state index in [4.69, 9.17) is 16.3 Å². The van der Waals surface area contributed by atoms with Crippen LogP contribution in [0, 0.1) is 0 Å². The van der Waals surface area contributed by atoms with Gasteiger partial charge in [0.15, 0.2) is 0 Å². The molecular weight excluding hydrogens is 190 g/mol. The number of aromatic nitrogens is 1. The second kappa shape index (κ2) is 3.25. The minimum absolute atomic E-state index is 0.306. The van der Waals surface area contributed by atoms with Gasteiger partial charge < -0.3 is 9.84 Å². The van der Waals surface area contributed by atoms with Crippen molar-refractivity contribution in [2.24, 2.45) is 0 Å². The molecule has 1 aliphatic heterocycles. The van der Waals surface area contributed by atoms with Crippen LogP contribution in [-0.4, -0.2) is 23.3 Å². The molecule has 4 heteroatoms. The second-order valence-corrected chi connectivity index (χ2v) is 3.57. The van der Waals surface area contributed by atoms with Crippen molar-refractivity contribution < 1.29 is 9.84 Å². The highest BCUT2D eigenvalue weighted by Crippen LogP contribution is 2.29. The summed E-state index contributed by atoms with van der Waals surface area (Å²) in [7, 11) is 0. The molecular formula is C9H10ClNO2. The molecule has 0 radical (unpaired) electrons. The number of aliphatic hydroxyl groups is 1. The number of hydrogen-bond acceptors (Lipinski definition) is 3. The van der Waals surface area contributed by atoms with Gasteiger partial charge in [-0.05, 0) is 12.1 Å². The van der Waals surface area contributed by atoms with E-state index < -0.39 is 5.60 Å². The Bertz CT molecular complexity index is 310. The van der Waals surface area contributed by atoms with Crippen LogP contribution >= 0.6 is 11.6 Å². The molecule has 1 saturated heterocycles. The predicted octanol–water partition coefficient (Wildman–Crippen LogP) is 1.34. The van der Waals surface area contributed by atoms with Gasteiger partial charge in [-0.25, -0.2) is 4.98 Å². The molecule has 0 aromatic carbocycles. The highest BCUT2D eigenvalue weighted by atomic mass is 35.5. The number of pyridine rings is 1. The first-order valence-electron chi connectivity index (χ1n) is 4.14. The van der Waals surface area contributed by atoms with E-state index in [1.165, 1.54) is 0 Å². The van der Waals surface area contributed by atoms with Gasteiger partial charge in [-0.2, -0.15) is 0 Å². The average Bonchev–Trinajstić information content (AvgIpc) is 2.54. The molecule has 1 aliphatic rings. The van der Waals surface area contributed by atoms with Gasteiger partial charge in [-0.15, -0.1) is 0 Å². The summed E-state index contributed by atoms with van der Waals surface area (Å²) in [4.78, 5) is 4.06. The lowest BCUT2D eigenvalue weighted by atomic mass is 9.99. The van der Waals surface area contributed by atoms with Crippen LogP contribution in [0.4, 0.5) is 0 Å². The molecule has 2 heterocycles. The number of halogens is 1. The summed E-state index contributed by atoms with van der Waals surface area (Å²) >= 11 is 5.72. The van der Waals surface area contributed by atoms with Crippen molar-refractivity contribution in [3.63, 3.8) is 0 Å². The quantitative estimate of drug-likeness (QED) is 0.695. The highest BCUT2D eigenvalue weighted by molar-refractivity contribution is 6.29. The molecule has 3 nitrogen and oxygen atoms in total. The van der Waals surface area contributed by atoms with Crippen LogP contribution in [0.1, 0.15) is 12.1 Å². The number of rotatable bonds is 1. The first-order chi connectivity index (χ1) is 6.21. The molecule has 0 aliphatic carbocycles. The molecule has 13 heavy (non-hydrogen) atoms. The molecule has 1 fully saturated rings. The van der Waals surface area contributed by atoms with Crippen molar-refractivity contribution in [3.8, 4) is 0 Å². The van der Waals surface area contributed by atoms with Crippen LogP contribution in [0.15, 0.2) is 18.2 Å². The number of hydrogen-bond donors (Lipinski definition) is 1. The van der Waals surface area contributed by atoms with Gasteiger partial charge in [0.1, 0.15) is 10.8 Å². The van der Waals surface area contributed by atoms with Gasteiger partial charge in [-0.3, -0.25) is 0 Å². The van der Waals surface area contributed by atoms with Crippen LogP contribution in [-0.2, 0) is 10.3 Å². The lowest BCUT2D eigenvalue weighted by Gasteiger charge is -2.19. The zero-order chi connectivity index (χ0) is 9.31. The normalized spacial score (nSPS) is 27.8. The van der Waals surface area contributed by atoms with Crippen LogP contribution in [0.2, 0.25) is 5.15 Å². The monoisotopic (exact) mass is 199 g/mol. The summed E-state index contributed by atoms with van der Waals surface area (Å²) in [6, 6.07) is 5.23. The Balaban J connectivity index is 2.33. The lowest BCUT2D eigenvalue weighted by molar-refractivity contribution is 0.0194. The zero-order valence-electron chi connectivity index (χ0n) is 7.03. The van der Waals surface area contributed by atoms with Crippen molar-refractivity contribution in [3.05, 3.63) is 29.0 Å². The first kappa shape index (κ1) is 8.94. The maximum Gasteiger partial charge on any atom is 0.132 e. The Kier molecular flexibility index (Phi) is 2.24. The van der Waals surface area contributed by atoms with E-state index in [1.54, 1.807) is 18.2 Å². The predicted molar refractivity (Wildman–Crippen MR) is 48.6 cm³/mol. The van der Waals surface area contributed by atoms with E-state index in [9.17, 15) is 5.11 Å². The summed E-state index contributed by atoms with van der Waals surface area (Å²) in [5, 5.41) is 10.4. The van der Waals surface area contributed by atoms with Gasteiger partial charge >= 0.3 is 0 Å². The third-order valence-electron chi connectivity index (χ3n) is 2.19. The lowest BCUT2D eigenvalue weighted by Crippen LogP contribution is -2.26. The second-order valence-electron chi connectivity index (χ2n) is 3.18. The Morgan fingerprint density at radius 2 is 2.38 bits per heavy atom. The van der Waals surface area contributed by atoms with Crippen molar-refractivity contribution in [1.29, 1.82) is 0 Å². The largest absolute Gasteiger partial charge is 0.381 e. The maximum atomic E-state index is 10.0. The fourth-order valence-electron chi connectivity index (χ4n) is 1.42. The van der Waals surface area contributed by atoms with Gasteiger partial charge in [0.2, 0.25) is 0 Å². The fraction of sp³-hybridized carbons (Fsp3) is 0.444. The van der Waals surface area contributed by atoms with Crippen molar-refractivity contribution in [2.45, 2.75) is 12.0 Å². The van der Waals surface area contributed by atoms with Gasteiger partial charge in [0.25, 0.3) is 0 Å². The van der Waals surface area contributed by atoms with Crippen LogP contribution in [0.3, 0.4) is 0 Å². The van der Waals surface area contributed by atoms with E-state index in [2.05, 4.69) is 4.98 Å². The van der Waals surface area contributed by atoms with Crippen molar-refractivity contribution in [1.82, 2.24) is 4.98 Å². The maximum absolute atomic E-state index is 10.0. The summed E-state index contributed by atoms with van der Waals surface area (Å²) in [6.45, 7) is 0.880. The molecule has 2 rings (SSSR count). The smallest absolute Gasteiger partial charge is 0.132 e.